The van der Waals surface area contributed by atoms with Gasteiger partial charge in [-0.1, -0.05) is 31.0 Å². The largest absolute Gasteiger partial charge is 0.384 e. The summed E-state index contributed by atoms with van der Waals surface area (Å²) >= 11 is 0. The van der Waals surface area contributed by atoms with E-state index in [0.29, 0.717) is 0 Å². The Labute approximate surface area is 110 Å². The molecule has 1 unspecified atom stereocenters. The van der Waals surface area contributed by atoms with Crippen molar-refractivity contribution in [3.63, 3.8) is 0 Å². The molecule has 2 heteroatoms. The quantitative estimate of drug-likeness (QED) is 0.775. The zero-order valence-corrected chi connectivity index (χ0v) is 11.1. The predicted molar refractivity (Wildman–Crippen MR) is 77.2 cm³/mol. The number of anilines is 1. The van der Waals surface area contributed by atoms with Crippen molar-refractivity contribution in [3.8, 4) is 0 Å². The normalized spacial score (nSPS) is 23.0. The van der Waals surface area contributed by atoms with Gasteiger partial charge in [-0.2, -0.15) is 0 Å². The molecule has 1 aromatic carbocycles. The highest BCUT2D eigenvalue weighted by Gasteiger charge is 2.21. The molecule has 1 atom stereocenters. The molecule has 1 fully saturated rings. The van der Waals surface area contributed by atoms with Crippen molar-refractivity contribution < 1.29 is 0 Å². The lowest BCUT2D eigenvalue weighted by molar-refractivity contribution is 0.496. The molecular formula is C16H24N2. The van der Waals surface area contributed by atoms with E-state index in [1.54, 1.807) is 0 Å². The summed E-state index contributed by atoms with van der Waals surface area (Å²) < 4.78 is 0. The average Bonchev–Trinajstić information content (AvgIpc) is 3.04. The Kier molecular flexibility index (Phi) is 3.84. The van der Waals surface area contributed by atoms with E-state index in [4.69, 9.17) is 0 Å². The van der Waals surface area contributed by atoms with Crippen LogP contribution in [0.4, 0.5) is 5.69 Å². The second kappa shape index (κ2) is 5.75. The van der Waals surface area contributed by atoms with Crippen molar-refractivity contribution in [1.82, 2.24) is 5.32 Å². The van der Waals surface area contributed by atoms with Gasteiger partial charge < -0.3 is 10.6 Å². The number of rotatable bonds is 5. The first kappa shape index (κ1) is 12.0. The maximum absolute atomic E-state index is 3.71. The van der Waals surface area contributed by atoms with Crippen LogP contribution in [0.25, 0.3) is 0 Å². The molecular weight excluding hydrogens is 220 g/mol. The summed E-state index contributed by atoms with van der Waals surface area (Å²) in [5.74, 6) is 0.728. The summed E-state index contributed by atoms with van der Waals surface area (Å²) in [6.07, 6.45) is 8.26. The third-order valence-electron chi connectivity index (χ3n) is 4.46. The van der Waals surface area contributed by atoms with E-state index in [9.17, 15) is 0 Å². The molecule has 2 aliphatic rings. The van der Waals surface area contributed by atoms with Gasteiger partial charge >= 0.3 is 0 Å². The van der Waals surface area contributed by atoms with E-state index in [0.717, 1.165) is 18.5 Å². The van der Waals surface area contributed by atoms with Crippen molar-refractivity contribution in [2.75, 3.05) is 18.4 Å². The second-order valence-electron chi connectivity index (χ2n) is 5.74. The molecule has 0 bridgehead atoms. The van der Waals surface area contributed by atoms with Crippen molar-refractivity contribution in [2.24, 2.45) is 0 Å². The molecule has 3 rings (SSSR count). The smallest absolute Gasteiger partial charge is 0.0376 e. The number of nitrogens with one attached hydrogen (secondary N) is 2. The number of hydrogen-bond acceptors (Lipinski definition) is 2. The third-order valence-corrected chi connectivity index (χ3v) is 4.46. The molecule has 1 saturated carbocycles. The zero-order chi connectivity index (χ0) is 12.2. The summed E-state index contributed by atoms with van der Waals surface area (Å²) in [6, 6.07) is 9.58. The first-order chi connectivity index (χ1) is 8.93. The van der Waals surface area contributed by atoms with Gasteiger partial charge in [-0.15, -0.1) is 0 Å². The van der Waals surface area contributed by atoms with Crippen LogP contribution in [0.3, 0.4) is 0 Å². The van der Waals surface area contributed by atoms with Gasteiger partial charge in [0.2, 0.25) is 0 Å². The van der Waals surface area contributed by atoms with Gasteiger partial charge in [0, 0.05) is 24.2 Å². The molecule has 0 spiro atoms. The molecule has 1 aromatic rings. The first-order valence-electron chi connectivity index (χ1n) is 7.49. The summed E-state index contributed by atoms with van der Waals surface area (Å²) in [4.78, 5) is 0. The summed E-state index contributed by atoms with van der Waals surface area (Å²) in [5, 5.41) is 7.22. The fourth-order valence-electron chi connectivity index (χ4n) is 3.40. The Balaban J connectivity index is 1.41. The van der Waals surface area contributed by atoms with Gasteiger partial charge in [0.05, 0.1) is 0 Å². The van der Waals surface area contributed by atoms with Crippen LogP contribution in [0.5, 0.6) is 0 Å². The van der Waals surface area contributed by atoms with Gasteiger partial charge in [-0.25, -0.2) is 0 Å². The van der Waals surface area contributed by atoms with E-state index in [2.05, 4.69) is 34.9 Å². The SMILES string of the molecule is c1ccc2c(c1)NCC2CCCNC1CCCC1. The predicted octanol–water partition coefficient (Wildman–Crippen LogP) is 3.51. The maximum Gasteiger partial charge on any atom is 0.0376 e. The first-order valence-corrected chi connectivity index (χ1v) is 7.49. The molecule has 1 aliphatic carbocycles. The van der Waals surface area contributed by atoms with E-state index in [-0.39, 0.29) is 0 Å². The minimum atomic E-state index is 0.728. The lowest BCUT2D eigenvalue weighted by atomic mass is 9.96. The van der Waals surface area contributed by atoms with Crippen LogP contribution >= 0.6 is 0 Å². The molecule has 2 N–H and O–H groups in total. The highest BCUT2D eigenvalue weighted by molar-refractivity contribution is 5.57. The number of fused-ring (bicyclic) bond motifs is 1. The molecule has 0 radical (unpaired) electrons. The van der Waals surface area contributed by atoms with Gasteiger partial charge in [0.15, 0.2) is 0 Å². The molecule has 0 amide bonds. The Morgan fingerprint density at radius 3 is 2.89 bits per heavy atom. The highest BCUT2D eigenvalue weighted by Crippen LogP contribution is 2.33. The van der Waals surface area contributed by atoms with Gasteiger partial charge in [0.25, 0.3) is 0 Å². The minimum absolute atomic E-state index is 0.728. The van der Waals surface area contributed by atoms with E-state index in [1.807, 2.05) is 0 Å². The average molecular weight is 244 g/mol. The number of para-hydroxylation sites is 1. The van der Waals surface area contributed by atoms with Gasteiger partial charge in [-0.3, -0.25) is 0 Å². The Bertz CT molecular complexity index is 382. The van der Waals surface area contributed by atoms with Crippen LogP contribution in [0.1, 0.15) is 50.0 Å². The topological polar surface area (TPSA) is 24.1 Å². The fraction of sp³-hybridized carbons (Fsp3) is 0.625. The summed E-state index contributed by atoms with van der Waals surface area (Å²) in [5.41, 5.74) is 2.88. The maximum atomic E-state index is 3.71. The van der Waals surface area contributed by atoms with E-state index < -0.39 is 0 Å². The number of hydrogen-bond donors (Lipinski definition) is 2. The van der Waals surface area contributed by atoms with Crippen LogP contribution in [-0.4, -0.2) is 19.1 Å². The zero-order valence-electron chi connectivity index (χ0n) is 11.1. The number of benzene rings is 1. The Hall–Kier alpha value is -1.02. The lowest BCUT2D eigenvalue weighted by Gasteiger charge is -2.13. The molecule has 1 heterocycles. The molecule has 18 heavy (non-hydrogen) atoms. The van der Waals surface area contributed by atoms with Crippen molar-refractivity contribution in [1.29, 1.82) is 0 Å². The van der Waals surface area contributed by atoms with Crippen molar-refractivity contribution >= 4 is 5.69 Å². The molecule has 0 aromatic heterocycles. The monoisotopic (exact) mass is 244 g/mol. The van der Waals surface area contributed by atoms with Crippen molar-refractivity contribution in [3.05, 3.63) is 29.8 Å². The Morgan fingerprint density at radius 2 is 2.00 bits per heavy atom. The lowest BCUT2D eigenvalue weighted by Crippen LogP contribution is -2.27. The minimum Gasteiger partial charge on any atom is -0.384 e. The van der Waals surface area contributed by atoms with Crippen LogP contribution < -0.4 is 10.6 Å². The van der Waals surface area contributed by atoms with Crippen LogP contribution in [0.2, 0.25) is 0 Å². The highest BCUT2D eigenvalue weighted by atomic mass is 14.9. The fourth-order valence-corrected chi connectivity index (χ4v) is 3.40. The molecule has 1 aliphatic heterocycles. The van der Waals surface area contributed by atoms with E-state index >= 15 is 0 Å². The van der Waals surface area contributed by atoms with Crippen molar-refractivity contribution in [2.45, 2.75) is 50.5 Å². The third kappa shape index (κ3) is 2.69. The van der Waals surface area contributed by atoms with Crippen LogP contribution in [0, 0.1) is 0 Å². The molecule has 0 saturated heterocycles. The van der Waals surface area contributed by atoms with Crippen LogP contribution in [0.15, 0.2) is 24.3 Å². The van der Waals surface area contributed by atoms with Gasteiger partial charge in [0.1, 0.15) is 0 Å². The molecule has 2 nitrogen and oxygen atoms in total. The van der Waals surface area contributed by atoms with E-state index in [1.165, 1.54) is 56.3 Å². The summed E-state index contributed by atoms with van der Waals surface area (Å²) in [6.45, 7) is 2.33. The molecule has 98 valence electrons. The van der Waals surface area contributed by atoms with Crippen LogP contribution in [-0.2, 0) is 0 Å². The second-order valence-corrected chi connectivity index (χ2v) is 5.74. The summed E-state index contributed by atoms with van der Waals surface area (Å²) in [7, 11) is 0. The van der Waals surface area contributed by atoms with Gasteiger partial charge in [-0.05, 0) is 43.9 Å². The standard InChI is InChI=1S/C16H24N2/c1-2-8-14(7-1)17-11-5-6-13-12-18-16-10-4-3-9-15(13)16/h3-4,9-10,13-14,17-18H,1-2,5-8,11-12H2. The Morgan fingerprint density at radius 1 is 1.17 bits per heavy atom.